The Bertz CT molecular complexity index is 1190. The van der Waals surface area contributed by atoms with Crippen molar-refractivity contribution in [2.24, 2.45) is 7.05 Å². The summed E-state index contributed by atoms with van der Waals surface area (Å²) in [7, 11) is 1.55. The second-order valence-corrected chi connectivity index (χ2v) is 6.70. The van der Waals surface area contributed by atoms with Crippen molar-refractivity contribution in [3.63, 3.8) is 0 Å². The molecule has 1 heterocycles. The zero-order valence-corrected chi connectivity index (χ0v) is 16.4. The highest BCUT2D eigenvalue weighted by Gasteiger charge is 2.30. The second kappa shape index (κ2) is 8.99. The molecule has 3 rings (SSSR count). The summed E-state index contributed by atoms with van der Waals surface area (Å²) in [6.07, 6.45) is -4.55. The Kier molecular flexibility index (Phi) is 6.38. The number of fused-ring (bicyclic) bond motifs is 1. The summed E-state index contributed by atoms with van der Waals surface area (Å²) in [5, 5.41) is 2.71. The number of nitrogens with zero attached hydrogens (tertiary/aromatic N) is 2. The van der Waals surface area contributed by atoms with E-state index >= 15 is 0 Å². The number of nitrogens with one attached hydrogen (secondary N) is 1. The van der Waals surface area contributed by atoms with Crippen molar-refractivity contribution >= 4 is 28.5 Å². The van der Waals surface area contributed by atoms with Crippen molar-refractivity contribution in [3.8, 4) is 0 Å². The van der Waals surface area contributed by atoms with Gasteiger partial charge in [-0.2, -0.15) is 13.2 Å². The first-order valence-electron chi connectivity index (χ1n) is 9.22. The van der Waals surface area contributed by atoms with E-state index in [1.165, 1.54) is 10.6 Å². The minimum Gasteiger partial charge on any atom is -0.456 e. The van der Waals surface area contributed by atoms with Crippen LogP contribution in [0, 0.1) is 0 Å². The van der Waals surface area contributed by atoms with Crippen LogP contribution < -0.4 is 10.9 Å². The molecule has 0 bridgehead atoms. The maximum atomic E-state index is 12.7. The Morgan fingerprint density at radius 1 is 1.13 bits per heavy atom. The molecule has 0 aliphatic heterocycles. The summed E-state index contributed by atoms with van der Waals surface area (Å²) >= 11 is 0. The average Bonchev–Trinajstić information content (AvgIpc) is 2.73. The average molecular weight is 433 g/mol. The lowest BCUT2D eigenvalue weighted by Crippen LogP contribution is -2.24. The van der Waals surface area contributed by atoms with Gasteiger partial charge in [0, 0.05) is 19.2 Å². The molecule has 3 aromatic rings. The molecule has 1 amide bonds. The topological polar surface area (TPSA) is 90.3 Å². The van der Waals surface area contributed by atoms with Crippen LogP contribution in [0.25, 0.3) is 10.9 Å². The molecule has 0 saturated carbocycles. The zero-order valence-electron chi connectivity index (χ0n) is 16.4. The van der Waals surface area contributed by atoms with Gasteiger partial charge in [0.1, 0.15) is 5.82 Å². The molecule has 0 aliphatic carbocycles. The standard InChI is InChI=1S/C21H18F3N3O4/c1-27-17(26-16-8-3-2-7-15(16)20(27)30)9-10-19(29)31-12-18(28)25-14-6-4-5-13(11-14)21(22,23)24/h2-8,11H,9-10,12H2,1H3,(H,25,28). The van der Waals surface area contributed by atoms with E-state index in [1.807, 2.05) is 0 Å². The van der Waals surface area contributed by atoms with Crippen molar-refractivity contribution in [3.05, 3.63) is 70.3 Å². The lowest BCUT2D eigenvalue weighted by molar-refractivity contribution is -0.147. The molecular formula is C21H18F3N3O4. The summed E-state index contributed by atoms with van der Waals surface area (Å²) < 4.78 is 44.4. The molecule has 0 atom stereocenters. The number of halogens is 3. The number of hydrogen-bond acceptors (Lipinski definition) is 5. The van der Waals surface area contributed by atoms with Crippen LogP contribution in [0.4, 0.5) is 18.9 Å². The first-order valence-corrected chi connectivity index (χ1v) is 9.22. The van der Waals surface area contributed by atoms with Crippen molar-refractivity contribution in [2.75, 3.05) is 11.9 Å². The van der Waals surface area contributed by atoms with Gasteiger partial charge in [0.25, 0.3) is 11.5 Å². The van der Waals surface area contributed by atoms with E-state index in [4.69, 9.17) is 4.74 Å². The van der Waals surface area contributed by atoms with E-state index in [-0.39, 0.29) is 24.1 Å². The van der Waals surface area contributed by atoms with E-state index in [2.05, 4.69) is 10.3 Å². The van der Waals surface area contributed by atoms with Crippen LogP contribution in [-0.2, 0) is 34.0 Å². The van der Waals surface area contributed by atoms with Crippen LogP contribution in [-0.4, -0.2) is 28.0 Å². The molecule has 0 spiro atoms. The number of carbonyl (C=O) groups is 2. The van der Waals surface area contributed by atoms with Crippen molar-refractivity contribution < 1.29 is 27.5 Å². The van der Waals surface area contributed by atoms with Crippen LogP contribution in [0.2, 0.25) is 0 Å². The largest absolute Gasteiger partial charge is 0.456 e. The lowest BCUT2D eigenvalue weighted by Gasteiger charge is -2.11. The van der Waals surface area contributed by atoms with Crippen LogP contribution >= 0.6 is 0 Å². The molecule has 10 heteroatoms. The van der Waals surface area contributed by atoms with Crippen LogP contribution in [0.1, 0.15) is 17.8 Å². The molecule has 1 N–H and O–H groups in total. The highest BCUT2D eigenvalue weighted by Crippen LogP contribution is 2.30. The highest BCUT2D eigenvalue weighted by molar-refractivity contribution is 5.92. The molecule has 2 aromatic carbocycles. The van der Waals surface area contributed by atoms with E-state index < -0.39 is 30.2 Å². The number of amides is 1. The van der Waals surface area contributed by atoms with Crippen molar-refractivity contribution in [2.45, 2.75) is 19.0 Å². The molecule has 0 fully saturated rings. The molecule has 162 valence electrons. The Labute approximate surface area is 174 Å². The normalized spacial score (nSPS) is 11.4. The number of aromatic nitrogens is 2. The van der Waals surface area contributed by atoms with Crippen molar-refractivity contribution in [1.82, 2.24) is 9.55 Å². The number of alkyl halides is 3. The smallest absolute Gasteiger partial charge is 0.416 e. The Balaban J connectivity index is 1.54. The monoisotopic (exact) mass is 433 g/mol. The van der Waals surface area contributed by atoms with Gasteiger partial charge in [-0.3, -0.25) is 19.0 Å². The predicted octanol–water partition coefficient (Wildman–Crippen LogP) is 3.07. The van der Waals surface area contributed by atoms with E-state index in [9.17, 15) is 27.6 Å². The fourth-order valence-electron chi connectivity index (χ4n) is 2.89. The fraction of sp³-hybridized carbons (Fsp3) is 0.238. The fourth-order valence-corrected chi connectivity index (χ4v) is 2.89. The maximum Gasteiger partial charge on any atom is 0.416 e. The Morgan fingerprint density at radius 3 is 2.61 bits per heavy atom. The predicted molar refractivity (Wildman–Crippen MR) is 106 cm³/mol. The molecule has 1 aromatic heterocycles. The van der Waals surface area contributed by atoms with Gasteiger partial charge < -0.3 is 10.1 Å². The Morgan fingerprint density at radius 2 is 1.87 bits per heavy atom. The minimum absolute atomic E-state index is 0.0637. The van der Waals surface area contributed by atoms with Gasteiger partial charge in [0.2, 0.25) is 0 Å². The quantitative estimate of drug-likeness (QED) is 0.604. The molecular weight excluding hydrogens is 415 g/mol. The number of anilines is 1. The first kappa shape index (κ1) is 22.0. The summed E-state index contributed by atoms with van der Waals surface area (Å²) in [6.45, 7) is -0.654. The van der Waals surface area contributed by atoms with E-state index in [1.54, 1.807) is 31.3 Å². The van der Waals surface area contributed by atoms with Crippen molar-refractivity contribution in [1.29, 1.82) is 0 Å². The number of hydrogen-bond donors (Lipinski definition) is 1. The summed E-state index contributed by atoms with van der Waals surface area (Å²) in [5.74, 6) is -1.10. The third kappa shape index (κ3) is 5.47. The van der Waals surface area contributed by atoms with Crippen LogP contribution in [0.3, 0.4) is 0 Å². The number of aryl methyl sites for hydroxylation is 1. The minimum atomic E-state index is -4.54. The number of ether oxygens (including phenoxy) is 1. The SMILES string of the molecule is Cn1c(CCC(=O)OCC(=O)Nc2cccc(C(F)(F)F)c2)nc2ccccc2c1=O. The van der Waals surface area contributed by atoms with E-state index in [0.717, 1.165) is 18.2 Å². The number of carbonyl (C=O) groups excluding carboxylic acids is 2. The van der Waals surface area contributed by atoms with Gasteiger partial charge in [0.15, 0.2) is 6.61 Å². The van der Waals surface area contributed by atoms with Gasteiger partial charge in [0.05, 0.1) is 22.9 Å². The molecule has 7 nitrogen and oxygen atoms in total. The van der Waals surface area contributed by atoms with Gasteiger partial charge >= 0.3 is 12.1 Å². The van der Waals surface area contributed by atoms with Gasteiger partial charge in [-0.25, -0.2) is 4.98 Å². The third-order valence-electron chi connectivity index (χ3n) is 4.47. The van der Waals surface area contributed by atoms with Gasteiger partial charge in [-0.05, 0) is 30.3 Å². The zero-order chi connectivity index (χ0) is 22.6. The molecule has 0 unspecified atom stereocenters. The molecule has 31 heavy (non-hydrogen) atoms. The molecule has 0 aliphatic rings. The second-order valence-electron chi connectivity index (χ2n) is 6.70. The van der Waals surface area contributed by atoms with Crippen LogP contribution in [0.15, 0.2) is 53.3 Å². The lowest BCUT2D eigenvalue weighted by atomic mass is 10.2. The van der Waals surface area contributed by atoms with E-state index in [0.29, 0.717) is 16.7 Å². The third-order valence-corrected chi connectivity index (χ3v) is 4.47. The summed E-state index contributed by atoms with van der Waals surface area (Å²) in [4.78, 5) is 40.5. The molecule has 0 radical (unpaired) electrons. The number of rotatable bonds is 6. The molecule has 0 saturated heterocycles. The number of esters is 1. The Hall–Kier alpha value is -3.69. The number of para-hydroxylation sites is 1. The van der Waals surface area contributed by atoms with Gasteiger partial charge in [-0.1, -0.05) is 18.2 Å². The first-order chi connectivity index (χ1) is 14.6. The highest BCUT2D eigenvalue weighted by atomic mass is 19.4. The summed E-state index contributed by atoms with van der Waals surface area (Å²) in [6, 6.07) is 10.9. The number of benzene rings is 2. The van der Waals surface area contributed by atoms with Crippen LogP contribution in [0.5, 0.6) is 0 Å². The maximum absolute atomic E-state index is 12.7. The van der Waals surface area contributed by atoms with Gasteiger partial charge in [-0.15, -0.1) is 0 Å². The summed E-state index contributed by atoms with van der Waals surface area (Å²) in [5.41, 5.74) is -0.703.